The van der Waals surface area contributed by atoms with Crippen LogP contribution in [0.4, 0.5) is 13.2 Å². The van der Waals surface area contributed by atoms with Crippen molar-refractivity contribution in [3.8, 4) is 0 Å². The van der Waals surface area contributed by atoms with E-state index in [1.165, 1.54) is 10.9 Å². The normalized spacial score (nSPS) is 12.1. The van der Waals surface area contributed by atoms with Crippen LogP contribution in [0.25, 0.3) is 10.9 Å². The van der Waals surface area contributed by atoms with Gasteiger partial charge in [0, 0.05) is 49.3 Å². The Bertz CT molecular complexity index is 1040. The van der Waals surface area contributed by atoms with Crippen molar-refractivity contribution in [2.45, 2.75) is 12.6 Å². The van der Waals surface area contributed by atoms with Gasteiger partial charge in [-0.05, 0) is 42.3 Å². The number of nitrogens with one attached hydrogen (secondary N) is 4. The van der Waals surface area contributed by atoms with Crippen molar-refractivity contribution in [3.05, 3.63) is 71.4 Å². The highest BCUT2D eigenvalue weighted by molar-refractivity contribution is 5.94. The van der Waals surface area contributed by atoms with Gasteiger partial charge in [-0.25, -0.2) is 0 Å². The van der Waals surface area contributed by atoms with Crippen LogP contribution in [0.2, 0.25) is 0 Å². The number of aromatic amines is 1. The molecule has 31 heavy (non-hydrogen) atoms. The molecular weight excluding hydrogens is 407 g/mol. The monoisotopic (exact) mass is 431 g/mol. The van der Waals surface area contributed by atoms with Gasteiger partial charge < -0.3 is 20.9 Å². The highest BCUT2D eigenvalue weighted by Gasteiger charge is 2.30. The van der Waals surface area contributed by atoms with Gasteiger partial charge in [-0.15, -0.1) is 0 Å². The molecule has 6 nitrogen and oxygen atoms in total. The zero-order valence-electron chi connectivity index (χ0n) is 17.0. The van der Waals surface area contributed by atoms with Crippen LogP contribution in [0.3, 0.4) is 0 Å². The minimum atomic E-state index is -4.42. The molecule has 0 atom stereocenters. The molecule has 0 aliphatic carbocycles. The maximum absolute atomic E-state index is 12.6. The molecule has 0 bridgehead atoms. The predicted octanol–water partition coefficient (Wildman–Crippen LogP) is 3.32. The van der Waals surface area contributed by atoms with Crippen LogP contribution in [0.1, 0.15) is 21.5 Å². The Morgan fingerprint density at radius 3 is 2.35 bits per heavy atom. The van der Waals surface area contributed by atoms with Crippen molar-refractivity contribution >= 4 is 22.8 Å². The molecule has 0 aliphatic heterocycles. The van der Waals surface area contributed by atoms with Crippen molar-refractivity contribution in [3.63, 3.8) is 0 Å². The minimum absolute atomic E-state index is 0.175. The number of rotatable bonds is 7. The number of halogens is 3. The van der Waals surface area contributed by atoms with Gasteiger partial charge in [0.05, 0.1) is 5.56 Å². The number of H-pyrrole nitrogens is 1. The first-order valence-electron chi connectivity index (χ1n) is 9.83. The predicted molar refractivity (Wildman–Crippen MR) is 115 cm³/mol. The maximum Gasteiger partial charge on any atom is 0.416 e. The Morgan fingerprint density at radius 1 is 0.968 bits per heavy atom. The zero-order valence-corrected chi connectivity index (χ0v) is 17.0. The number of alkyl halides is 3. The quantitative estimate of drug-likeness (QED) is 0.263. The first kappa shape index (κ1) is 22.2. The second-order valence-corrected chi connectivity index (χ2v) is 6.87. The van der Waals surface area contributed by atoms with Gasteiger partial charge in [-0.2, -0.15) is 13.2 Å². The summed E-state index contributed by atoms with van der Waals surface area (Å²) in [5.74, 6) is 0.168. The number of carbonyl (C=O) groups excluding carboxylic acids is 1. The van der Waals surface area contributed by atoms with Crippen LogP contribution in [0.15, 0.2) is 59.7 Å². The molecule has 3 rings (SSSR count). The van der Waals surface area contributed by atoms with E-state index in [4.69, 9.17) is 0 Å². The Morgan fingerprint density at radius 2 is 1.65 bits per heavy atom. The highest BCUT2D eigenvalue weighted by Crippen LogP contribution is 2.29. The first-order valence-corrected chi connectivity index (χ1v) is 9.83. The van der Waals surface area contributed by atoms with Gasteiger partial charge >= 0.3 is 6.18 Å². The molecule has 1 amide bonds. The van der Waals surface area contributed by atoms with E-state index < -0.39 is 17.6 Å². The third kappa shape index (κ3) is 6.00. The topological polar surface area (TPSA) is 81.3 Å². The summed E-state index contributed by atoms with van der Waals surface area (Å²) in [5.41, 5.74) is 1.70. The number of hydrogen-bond donors (Lipinski definition) is 4. The van der Waals surface area contributed by atoms with Gasteiger partial charge in [0.15, 0.2) is 5.96 Å². The molecule has 164 valence electrons. The molecule has 0 unspecified atom stereocenters. The molecule has 0 spiro atoms. The summed E-state index contributed by atoms with van der Waals surface area (Å²) in [6.07, 6.45) is -1.61. The molecule has 0 fully saturated rings. The van der Waals surface area contributed by atoms with E-state index in [9.17, 15) is 18.0 Å². The smallest absolute Gasteiger partial charge is 0.361 e. The molecule has 1 aromatic heterocycles. The van der Waals surface area contributed by atoms with Crippen LogP contribution in [0, 0.1) is 0 Å². The number of benzene rings is 2. The molecule has 9 heteroatoms. The van der Waals surface area contributed by atoms with E-state index in [-0.39, 0.29) is 5.56 Å². The molecule has 4 N–H and O–H groups in total. The Hall–Kier alpha value is -3.49. The summed E-state index contributed by atoms with van der Waals surface area (Å²) < 4.78 is 37.8. The average Bonchev–Trinajstić information content (AvgIpc) is 3.18. The molecular formula is C22H24F3N5O. The summed E-state index contributed by atoms with van der Waals surface area (Å²) in [5, 5.41) is 10.2. The van der Waals surface area contributed by atoms with E-state index in [0.717, 1.165) is 36.2 Å². The van der Waals surface area contributed by atoms with Crippen LogP contribution in [-0.2, 0) is 12.6 Å². The van der Waals surface area contributed by atoms with Crippen molar-refractivity contribution < 1.29 is 18.0 Å². The summed E-state index contributed by atoms with van der Waals surface area (Å²) in [4.78, 5) is 19.5. The van der Waals surface area contributed by atoms with Crippen LogP contribution in [0.5, 0.6) is 0 Å². The Kier molecular flexibility index (Phi) is 7.17. The molecule has 1 heterocycles. The maximum atomic E-state index is 12.6. The first-order chi connectivity index (χ1) is 14.9. The SMILES string of the molecule is CN=C(NCCNC(=O)c1ccc(C(F)(F)F)cc1)NCCc1c[nH]c2ccccc12. The standard InChI is InChI=1S/C22H24F3N5O/c1-26-21(28-11-10-16-14-30-19-5-3-2-4-18(16)19)29-13-12-27-20(31)15-6-8-17(9-7-15)22(23,24)25/h2-9,14,30H,10-13H2,1H3,(H,27,31)(H2,26,28,29). The summed E-state index contributed by atoms with van der Waals surface area (Å²) >= 11 is 0. The van der Waals surface area contributed by atoms with Crippen molar-refractivity contribution in [2.24, 2.45) is 4.99 Å². The third-order valence-electron chi connectivity index (χ3n) is 4.76. The van der Waals surface area contributed by atoms with Crippen LogP contribution >= 0.6 is 0 Å². The lowest BCUT2D eigenvalue weighted by Gasteiger charge is -2.12. The number of aromatic nitrogens is 1. The number of hydrogen-bond acceptors (Lipinski definition) is 2. The average molecular weight is 431 g/mol. The number of para-hydroxylation sites is 1. The van der Waals surface area contributed by atoms with Crippen molar-refractivity contribution in [2.75, 3.05) is 26.7 Å². The summed E-state index contributed by atoms with van der Waals surface area (Å²) in [6, 6.07) is 12.2. The van der Waals surface area contributed by atoms with Crippen LogP contribution < -0.4 is 16.0 Å². The molecule has 0 saturated heterocycles. The largest absolute Gasteiger partial charge is 0.416 e. The van der Waals surface area contributed by atoms with Gasteiger partial charge in [0.1, 0.15) is 0 Å². The van der Waals surface area contributed by atoms with Gasteiger partial charge in [-0.3, -0.25) is 9.79 Å². The molecule has 3 aromatic rings. The lowest BCUT2D eigenvalue weighted by atomic mass is 10.1. The number of carbonyl (C=O) groups is 1. The Labute approximate surface area is 178 Å². The fourth-order valence-electron chi connectivity index (χ4n) is 3.14. The van der Waals surface area contributed by atoms with Crippen molar-refractivity contribution in [1.82, 2.24) is 20.9 Å². The van der Waals surface area contributed by atoms with E-state index in [1.807, 2.05) is 24.4 Å². The molecule has 2 aromatic carbocycles. The lowest BCUT2D eigenvalue weighted by Crippen LogP contribution is -2.42. The van der Waals surface area contributed by atoms with Gasteiger partial charge in [-0.1, -0.05) is 18.2 Å². The van der Waals surface area contributed by atoms with E-state index in [2.05, 4.69) is 32.0 Å². The molecule has 0 radical (unpaired) electrons. The lowest BCUT2D eigenvalue weighted by molar-refractivity contribution is -0.137. The Balaban J connectivity index is 1.38. The summed E-state index contributed by atoms with van der Waals surface area (Å²) in [7, 11) is 1.65. The van der Waals surface area contributed by atoms with E-state index in [0.29, 0.717) is 25.6 Å². The fraction of sp³-hybridized carbons (Fsp3) is 0.273. The number of fused-ring (bicyclic) bond motifs is 1. The summed E-state index contributed by atoms with van der Waals surface area (Å²) in [6.45, 7) is 1.39. The van der Waals surface area contributed by atoms with Crippen molar-refractivity contribution in [1.29, 1.82) is 0 Å². The second-order valence-electron chi connectivity index (χ2n) is 6.87. The van der Waals surface area contributed by atoms with E-state index in [1.54, 1.807) is 7.05 Å². The minimum Gasteiger partial charge on any atom is -0.361 e. The highest BCUT2D eigenvalue weighted by atomic mass is 19.4. The van der Waals surface area contributed by atoms with E-state index >= 15 is 0 Å². The molecule has 0 aliphatic rings. The molecule has 0 saturated carbocycles. The number of aliphatic imine (C=N–C) groups is 1. The fourth-order valence-corrected chi connectivity index (χ4v) is 3.14. The second kappa shape index (κ2) is 10.0. The number of nitrogens with zero attached hydrogens (tertiary/aromatic N) is 1. The third-order valence-corrected chi connectivity index (χ3v) is 4.76. The van der Waals surface area contributed by atoms with Gasteiger partial charge in [0.2, 0.25) is 0 Å². The number of amides is 1. The zero-order chi connectivity index (χ0) is 22.3. The van der Waals surface area contributed by atoms with Gasteiger partial charge in [0.25, 0.3) is 5.91 Å². The number of guanidine groups is 1. The van der Waals surface area contributed by atoms with Crippen LogP contribution in [-0.4, -0.2) is 43.5 Å².